The van der Waals surface area contributed by atoms with Gasteiger partial charge in [0.2, 0.25) is 5.91 Å². The molecule has 4 N–H and O–H groups in total. The van der Waals surface area contributed by atoms with Gasteiger partial charge in [-0.1, -0.05) is 54.6 Å². The molecule has 0 unspecified atom stereocenters. The molecule has 3 rings (SSSR count). The van der Waals surface area contributed by atoms with Crippen LogP contribution in [-0.2, 0) is 17.6 Å². The molecule has 0 saturated carbocycles. The highest BCUT2D eigenvalue weighted by atomic mass is 35.5. The first-order chi connectivity index (χ1) is 10.6. The molecule has 3 atom stereocenters. The lowest BCUT2D eigenvalue weighted by atomic mass is 10.0. The van der Waals surface area contributed by atoms with Crippen LogP contribution in [0.5, 0.6) is 0 Å². The Bertz CT molecular complexity index is 663. The quantitative estimate of drug-likeness (QED) is 0.798. The topological polar surface area (TPSA) is 75.4 Å². The van der Waals surface area contributed by atoms with Crippen LogP contribution in [0.3, 0.4) is 0 Å². The van der Waals surface area contributed by atoms with E-state index < -0.39 is 12.1 Å². The molecule has 0 radical (unpaired) electrons. The second-order valence-corrected chi connectivity index (χ2v) is 5.75. The van der Waals surface area contributed by atoms with E-state index in [0.29, 0.717) is 12.8 Å². The summed E-state index contributed by atoms with van der Waals surface area (Å²) in [7, 11) is 0. The summed E-state index contributed by atoms with van der Waals surface area (Å²) in [6.45, 7) is 0. The van der Waals surface area contributed by atoms with Crippen LogP contribution >= 0.6 is 12.4 Å². The van der Waals surface area contributed by atoms with Crippen molar-refractivity contribution in [3.05, 3.63) is 71.3 Å². The summed E-state index contributed by atoms with van der Waals surface area (Å²) in [5.74, 6) is -0.232. The Labute approximate surface area is 142 Å². The number of nitrogens with one attached hydrogen (secondary N) is 1. The van der Waals surface area contributed by atoms with E-state index in [1.807, 2.05) is 54.6 Å². The molecule has 5 heteroatoms. The van der Waals surface area contributed by atoms with Crippen LogP contribution in [0.2, 0.25) is 0 Å². The number of benzene rings is 2. The van der Waals surface area contributed by atoms with E-state index in [9.17, 15) is 9.90 Å². The molecule has 1 aliphatic carbocycles. The Hall–Kier alpha value is -1.88. The van der Waals surface area contributed by atoms with Gasteiger partial charge in [-0.2, -0.15) is 0 Å². The van der Waals surface area contributed by atoms with Crippen LogP contribution in [0.1, 0.15) is 22.7 Å². The highest BCUT2D eigenvalue weighted by Gasteiger charge is 2.32. The Morgan fingerprint density at radius 1 is 1.17 bits per heavy atom. The lowest BCUT2D eigenvalue weighted by Crippen LogP contribution is -2.45. The number of carbonyl (C=O) groups excluding carboxylic acids is 1. The molecule has 0 saturated heterocycles. The SMILES string of the molecule is Cl.N[C@@H](Cc1ccccc1)C(=O)N[C@@H]1c2ccccc2C[C@@H]1O. The smallest absolute Gasteiger partial charge is 0.237 e. The summed E-state index contributed by atoms with van der Waals surface area (Å²) in [6, 6.07) is 16.5. The molecule has 0 spiro atoms. The maximum Gasteiger partial charge on any atom is 0.237 e. The molecule has 122 valence electrons. The molecule has 0 aromatic heterocycles. The van der Waals surface area contributed by atoms with Crippen LogP contribution in [0, 0.1) is 0 Å². The van der Waals surface area contributed by atoms with Crippen LogP contribution in [0.4, 0.5) is 0 Å². The van der Waals surface area contributed by atoms with Crippen molar-refractivity contribution in [3.8, 4) is 0 Å². The zero-order valence-corrected chi connectivity index (χ0v) is 13.5. The van der Waals surface area contributed by atoms with E-state index in [2.05, 4.69) is 5.32 Å². The van der Waals surface area contributed by atoms with Crippen LogP contribution < -0.4 is 11.1 Å². The number of carbonyl (C=O) groups is 1. The highest BCUT2D eigenvalue weighted by Crippen LogP contribution is 2.31. The number of aliphatic hydroxyl groups is 1. The van der Waals surface area contributed by atoms with Crippen molar-refractivity contribution in [1.82, 2.24) is 5.32 Å². The largest absolute Gasteiger partial charge is 0.390 e. The first-order valence-corrected chi connectivity index (χ1v) is 7.51. The fraction of sp³-hybridized carbons (Fsp3) is 0.278. The molecule has 0 fully saturated rings. The maximum atomic E-state index is 12.3. The van der Waals surface area contributed by atoms with Crippen molar-refractivity contribution in [2.45, 2.75) is 31.0 Å². The third-order valence-electron chi connectivity index (χ3n) is 4.14. The lowest BCUT2D eigenvalue weighted by molar-refractivity contribution is -0.123. The summed E-state index contributed by atoms with van der Waals surface area (Å²) < 4.78 is 0. The normalized spacial score (nSPS) is 20.3. The van der Waals surface area contributed by atoms with E-state index in [1.165, 1.54) is 0 Å². The van der Waals surface area contributed by atoms with Crippen molar-refractivity contribution in [1.29, 1.82) is 0 Å². The predicted octanol–water partition coefficient (Wildman–Crippen LogP) is 1.75. The molecular weight excluding hydrogens is 312 g/mol. The molecule has 1 amide bonds. The second-order valence-electron chi connectivity index (χ2n) is 5.75. The Balaban J connectivity index is 0.00000192. The van der Waals surface area contributed by atoms with Gasteiger partial charge in [-0.05, 0) is 23.1 Å². The number of halogens is 1. The molecule has 2 aromatic rings. The van der Waals surface area contributed by atoms with Crippen LogP contribution in [0.15, 0.2) is 54.6 Å². The fourth-order valence-corrected chi connectivity index (χ4v) is 2.97. The standard InChI is InChI=1S/C18H20N2O2.ClH/c19-15(10-12-6-2-1-3-7-12)18(22)20-17-14-9-5-4-8-13(14)11-16(17)21;/h1-9,15-17,21H,10-11,19H2,(H,20,22);1H/t15-,16-,17+;/m0./s1. The van der Waals surface area contributed by atoms with E-state index in [0.717, 1.165) is 16.7 Å². The first kappa shape index (κ1) is 17.5. The summed E-state index contributed by atoms with van der Waals surface area (Å²) in [5, 5.41) is 13.1. The minimum atomic E-state index is -0.623. The third kappa shape index (κ3) is 3.91. The maximum absolute atomic E-state index is 12.3. The third-order valence-corrected chi connectivity index (χ3v) is 4.14. The molecule has 1 aliphatic rings. The average Bonchev–Trinajstić information content (AvgIpc) is 2.84. The van der Waals surface area contributed by atoms with Gasteiger partial charge in [-0.25, -0.2) is 0 Å². The summed E-state index contributed by atoms with van der Waals surface area (Å²) >= 11 is 0. The Morgan fingerprint density at radius 3 is 2.57 bits per heavy atom. The number of hydrogen-bond acceptors (Lipinski definition) is 3. The zero-order valence-electron chi connectivity index (χ0n) is 12.7. The number of nitrogens with two attached hydrogens (primary N) is 1. The van der Waals surface area contributed by atoms with Crippen LogP contribution in [0.25, 0.3) is 0 Å². The van der Waals surface area contributed by atoms with Gasteiger partial charge in [0.25, 0.3) is 0 Å². The first-order valence-electron chi connectivity index (χ1n) is 7.51. The lowest BCUT2D eigenvalue weighted by Gasteiger charge is -2.20. The van der Waals surface area contributed by atoms with Gasteiger partial charge in [-0.15, -0.1) is 12.4 Å². The van der Waals surface area contributed by atoms with Gasteiger partial charge in [-0.3, -0.25) is 4.79 Å². The predicted molar refractivity (Wildman–Crippen MR) is 92.4 cm³/mol. The summed E-state index contributed by atoms with van der Waals surface area (Å²) in [5.41, 5.74) is 9.09. The van der Waals surface area contributed by atoms with Gasteiger partial charge < -0.3 is 16.2 Å². The minimum absolute atomic E-state index is 0. The van der Waals surface area contributed by atoms with E-state index in [1.54, 1.807) is 0 Å². The van der Waals surface area contributed by atoms with Crippen molar-refractivity contribution in [3.63, 3.8) is 0 Å². The number of rotatable bonds is 4. The molecule has 0 bridgehead atoms. The minimum Gasteiger partial charge on any atom is -0.390 e. The van der Waals surface area contributed by atoms with Crippen LogP contribution in [-0.4, -0.2) is 23.2 Å². The van der Waals surface area contributed by atoms with Gasteiger partial charge in [0, 0.05) is 6.42 Å². The Morgan fingerprint density at radius 2 is 1.83 bits per heavy atom. The van der Waals surface area contributed by atoms with E-state index in [4.69, 9.17) is 5.73 Å². The van der Waals surface area contributed by atoms with Crippen molar-refractivity contribution >= 4 is 18.3 Å². The van der Waals surface area contributed by atoms with Gasteiger partial charge in [0.1, 0.15) is 0 Å². The van der Waals surface area contributed by atoms with Crippen molar-refractivity contribution < 1.29 is 9.90 Å². The van der Waals surface area contributed by atoms with E-state index >= 15 is 0 Å². The number of amides is 1. The highest BCUT2D eigenvalue weighted by molar-refractivity contribution is 5.85. The molecule has 0 heterocycles. The molecule has 0 aliphatic heterocycles. The van der Waals surface area contributed by atoms with E-state index in [-0.39, 0.29) is 24.4 Å². The fourth-order valence-electron chi connectivity index (χ4n) is 2.97. The molecule has 2 aromatic carbocycles. The second kappa shape index (κ2) is 7.59. The van der Waals surface area contributed by atoms with Crippen molar-refractivity contribution in [2.75, 3.05) is 0 Å². The monoisotopic (exact) mass is 332 g/mol. The molecular formula is C18H21ClN2O2. The number of hydrogen-bond donors (Lipinski definition) is 3. The van der Waals surface area contributed by atoms with Gasteiger partial charge in [0.15, 0.2) is 0 Å². The summed E-state index contributed by atoms with van der Waals surface area (Å²) in [4.78, 5) is 12.3. The van der Waals surface area contributed by atoms with Crippen molar-refractivity contribution in [2.24, 2.45) is 5.73 Å². The Kier molecular flexibility index (Phi) is 5.77. The molecule has 4 nitrogen and oxygen atoms in total. The average molecular weight is 333 g/mol. The number of aliphatic hydroxyl groups excluding tert-OH is 1. The zero-order chi connectivity index (χ0) is 15.5. The van der Waals surface area contributed by atoms with Gasteiger partial charge >= 0.3 is 0 Å². The number of fused-ring (bicyclic) bond motifs is 1. The van der Waals surface area contributed by atoms with Gasteiger partial charge in [0.05, 0.1) is 18.2 Å². The summed E-state index contributed by atoms with van der Waals surface area (Å²) in [6.07, 6.45) is 0.455. The molecule has 23 heavy (non-hydrogen) atoms.